The fourth-order valence-corrected chi connectivity index (χ4v) is 5.68. The SMILES string of the molecule is CC(C)N1CCN(S(=O)(=O)c2ccc(NC(=O)c3c(Cl)cc(Cl)cc3Cl)cc2)CC1. The van der Waals surface area contributed by atoms with Gasteiger partial charge in [0, 0.05) is 42.9 Å². The molecule has 0 bridgehead atoms. The molecule has 1 aliphatic heterocycles. The number of rotatable bonds is 5. The van der Waals surface area contributed by atoms with Gasteiger partial charge in [0.05, 0.1) is 20.5 Å². The molecular weight excluding hydrogens is 469 g/mol. The molecule has 0 unspecified atom stereocenters. The molecule has 10 heteroatoms. The lowest BCUT2D eigenvalue weighted by Gasteiger charge is -2.36. The standard InChI is InChI=1S/C20H22Cl3N3O3S/c1-13(2)25-7-9-26(10-8-25)30(28,29)16-5-3-15(4-6-16)24-20(27)19-17(22)11-14(21)12-18(19)23/h3-6,11-13H,7-10H2,1-2H3,(H,24,27). The Morgan fingerprint density at radius 3 is 2.00 bits per heavy atom. The number of nitrogens with zero attached hydrogens (tertiary/aromatic N) is 2. The number of hydrogen-bond donors (Lipinski definition) is 1. The van der Waals surface area contributed by atoms with E-state index >= 15 is 0 Å². The zero-order valence-electron chi connectivity index (χ0n) is 16.5. The van der Waals surface area contributed by atoms with E-state index in [-0.39, 0.29) is 20.5 Å². The van der Waals surface area contributed by atoms with Crippen LogP contribution in [0.25, 0.3) is 0 Å². The average molecular weight is 491 g/mol. The highest BCUT2D eigenvalue weighted by atomic mass is 35.5. The Morgan fingerprint density at radius 1 is 0.967 bits per heavy atom. The third-order valence-corrected chi connectivity index (χ3v) is 7.71. The van der Waals surface area contributed by atoms with Gasteiger partial charge in [-0.15, -0.1) is 0 Å². The van der Waals surface area contributed by atoms with Gasteiger partial charge in [-0.05, 0) is 50.2 Å². The van der Waals surface area contributed by atoms with Crippen molar-refractivity contribution >= 4 is 56.4 Å². The first-order valence-corrected chi connectivity index (χ1v) is 12.0. The molecule has 1 N–H and O–H groups in total. The lowest BCUT2D eigenvalue weighted by Crippen LogP contribution is -2.50. The molecule has 0 spiro atoms. The van der Waals surface area contributed by atoms with E-state index in [9.17, 15) is 13.2 Å². The maximum absolute atomic E-state index is 12.9. The number of hydrogen-bond acceptors (Lipinski definition) is 4. The second-order valence-electron chi connectivity index (χ2n) is 7.26. The summed E-state index contributed by atoms with van der Waals surface area (Å²) in [5, 5.41) is 3.25. The number of carbonyl (C=O) groups is 1. The fourth-order valence-electron chi connectivity index (χ4n) is 3.27. The van der Waals surface area contributed by atoms with Gasteiger partial charge in [-0.1, -0.05) is 34.8 Å². The zero-order valence-corrected chi connectivity index (χ0v) is 19.6. The number of anilines is 1. The van der Waals surface area contributed by atoms with E-state index in [4.69, 9.17) is 34.8 Å². The van der Waals surface area contributed by atoms with E-state index in [0.717, 1.165) is 0 Å². The smallest absolute Gasteiger partial charge is 0.258 e. The monoisotopic (exact) mass is 489 g/mol. The van der Waals surface area contributed by atoms with E-state index in [2.05, 4.69) is 24.1 Å². The predicted molar refractivity (Wildman–Crippen MR) is 121 cm³/mol. The number of sulfonamides is 1. The highest BCUT2D eigenvalue weighted by Gasteiger charge is 2.29. The molecule has 0 atom stereocenters. The highest BCUT2D eigenvalue weighted by Crippen LogP contribution is 2.30. The van der Waals surface area contributed by atoms with Crippen molar-refractivity contribution in [3.8, 4) is 0 Å². The summed E-state index contributed by atoms with van der Waals surface area (Å²) in [5.41, 5.74) is 0.521. The van der Waals surface area contributed by atoms with E-state index in [0.29, 0.717) is 42.9 Å². The van der Waals surface area contributed by atoms with Crippen molar-refractivity contribution < 1.29 is 13.2 Å². The lowest BCUT2D eigenvalue weighted by atomic mass is 10.2. The van der Waals surface area contributed by atoms with Crippen LogP contribution in [0.2, 0.25) is 15.1 Å². The quantitative estimate of drug-likeness (QED) is 0.664. The van der Waals surface area contributed by atoms with Crippen molar-refractivity contribution in [1.82, 2.24) is 9.21 Å². The Bertz CT molecular complexity index is 1010. The van der Waals surface area contributed by atoms with Crippen LogP contribution in [0.15, 0.2) is 41.3 Å². The predicted octanol–water partition coefficient (Wildman–Crippen LogP) is 4.61. The average Bonchev–Trinajstić information content (AvgIpc) is 2.67. The first-order valence-electron chi connectivity index (χ1n) is 9.39. The molecule has 1 saturated heterocycles. The number of halogens is 3. The highest BCUT2D eigenvalue weighted by molar-refractivity contribution is 7.89. The van der Waals surface area contributed by atoms with Gasteiger partial charge in [0.2, 0.25) is 10.0 Å². The summed E-state index contributed by atoms with van der Waals surface area (Å²) in [5.74, 6) is -0.512. The number of nitrogens with one attached hydrogen (secondary N) is 1. The van der Waals surface area contributed by atoms with Gasteiger partial charge in [0.1, 0.15) is 0 Å². The first kappa shape index (κ1) is 23.3. The van der Waals surface area contributed by atoms with E-state index in [1.54, 1.807) is 0 Å². The molecule has 1 amide bonds. The van der Waals surface area contributed by atoms with Crippen molar-refractivity contribution in [3.63, 3.8) is 0 Å². The summed E-state index contributed by atoms with van der Waals surface area (Å²) in [4.78, 5) is 15.0. The van der Waals surface area contributed by atoms with E-state index in [1.165, 1.54) is 40.7 Å². The van der Waals surface area contributed by atoms with Crippen LogP contribution in [0.4, 0.5) is 5.69 Å². The van der Waals surface area contributed by atoms with E-state index < -0.39 is 15.9 Å². The van der Waals surface area contributed by atoms with Gasteiger partial charge in [0.15, 0.2) is 0 Å². The van der Waals surface area contributed by atoms with Crippen molar-refractivity contribution in [2.45, 2.75) is 24.8 Å². The molecule has 6 nitrogen and oxygen atoms in total. The third kappa shape index (κ3) is 5.10. The zero-order chi connectivity index (χ0) is 22.1. The molecule has 2 aromatic rings. The minimum atomic E-state index is -3.59. The first-order chi connectivity index (χ1) is 14.1. The Hall–Kier alpha value is -1.35. The number of piperazine rings is 1. The van der Waals surface area contributed by atoms with Gasteiger partial charge in [0.25, 0.3) is 5.91 Å². The third-order valence-electron chi connectivity index (χ3n) is 4.99. The molecule has 0 aromatic heterocycles. The summed E-state index contributed by atoms with van der Waals surface area (Å²) in [6.07, 6.45) is 0. The summed E-state index contributed by atoms with van der Waals surface area (Å²) in [6, 6.07) is 9.27. The summed E-state index contributed by atoms with van der Waals surface area (Å²) in [7, 11) is -3.59. The molecular formula is C20H22Cl3N3O3S. The maximum atomic E-state index is 12.9. The summed E-state index contributed by atoms with van der Waals surface area (Å²) < 4.78 is 27.3. The Labute approximate surface area is 191 Å². The minimum absolute atomic E-state index is 0.0995. The van der Waals surface area contributed by atoms with Crippen LogP contribution in [0, 0.1) is 0 Å². The number of benzene rings is 2. The second kappa shape index (κ2) is 9.42. The van der Waals surface area contributed by atoms with Crippen molar-refractivity contribution in [2.24, 2.45) is 0 Å². The van der Waals surface area contributed by atoms with Gasteiger partial charge in [-0.3, -0.25) is 9.69 Å². The number of carbonyl (C=O) groups excluding carboxylic acids is 1. The van der Waals surface area contributed by atoms with Crippen molar-refractivity contribution in [3.05, 3.63) is 57.0 Å². The molecule has 0 saturated carbocycles. The summed E-state index contributed by atoms with van der Waals surface area (Å²) >= 11 is 18.0. The molecule has 30 heavy (non-hydrogen) atoms. The van der Waals surface area contributed by atoms with Gasteiger partial charge in [-0.25, -0.2) is 8.42 Å². The van der Waals surface area contributed by atoms with Crippen LogP contribution in [-0.4, -0.2) is 55.8 Å². The number of amides is 1. The molecule has 1 heterocycles. The Kier molecular flexibility index (Phi) is 7.32. The minimum Gasteiger partial charge on any atom is -0.322 e. The maximum Gasteiger partial charge on any atom is 0.258 e. The molecule has 162 valence electrons. The van der Waals surface area contributed by atoms with Gasteiger partial charge in [-0.2, -0.15) is 4.31 Å². The largest absolute Gasteiger partial charge is 0.322 e. The van der Waals surface area contributed by atoms with Crippen LogP contribution in [-0.2, 0) is 10.0 Å². The molecule has 2 aromatic carbocycles. The molecule has 1 aliphatic rings. The fraction of sp³-hybridized carbons (Fsp3) is 0.350. The van der Waals surface area contributed by atoms with Gasteiger partial charge >= 0.3 is 0 Å². The Morgan fingerprint density at radius 2 is 1.50 bits per heavy atom. The van der Waals surface area contributed by atoms with Crippen LogP contribution >= 0.6 is 34.8 Å². The second-order valence-corrected chi connectivity index (χ2v) is 10.4. The molecule has 0 aliphatic carbocycles. The topological polar surface area (TPSA) is 69.7 Å². The normalized spacial score (nSPS) is 16.1. The van der Waals surface area contributed by atoms with Crippen molar-refractivity contribution in [1.29, 1.82) is 0 Å². The van der Waals surface area contributed by atoms with Crippen LogP contribution in [0.1, 0.15) is 24.2 Å². The summed E-state index contributed by atoms with van der Waals surface area (Å²) in [6.45, 7) is 6.50. The lowest BCUT2D eigenvalue weighted by molar-refractivity contribution is 0.102. The van der Waals surface area contributed by atoms with Crippen molar-refractivity contribution in [2.75, 3.05) is 31.5 Å². The van der Waals surface area contributed by atoms with Crippen LogP contribution < -0.4 is 5.32 Å². The molecule has 1 fully saturated rings. The molecule has 3 rings (SSSR count). The van der Waals surface area contributed by atoms with Gasteiger partial charge < -0.3 is 5.32 Å². The van der Waals surface area contributed by atoms with Crippen LogP contribution in [0.5, 0.6) is 0 Å². The Balaban J connectivity index is 1.71. The van der Waals surface area contributed by atoms with E-state index in [1.807, 2.05) is 0 Å². The van der Waals surface area contributed by atoms with Crippen LogP contribution in [0.3, 0.4) is 0 Å². The molecule has 0 radical (unpaired) electrons.